The molecule has 1 saturated carbocycles. The number of amides is 2. The van der Waals surface area contributed by atoms with Crippen LogP contribution in [0.2, 0.25) is 0 Å². The molecule has 98 valence electrons. The molecule has 0 spiro atoms. The minimum Gasteiger partial charge on any atom is -0.480 e. The van der Waals surface area contributed by atoms with Gasteiger partial charge in [-0.05, 0) is 25.7 Å². The quantitative estimate of drug-likeness (QED) is 0.665. The number of hydrogen-bond donors (Lipinski definition) is 3. The molecule has 3 atom stereocenters. The normalized spacial score (nSPS) is 25.3. The summed E-state index contributed by atoms with van der Waals surface area (Å²) in [6.45, 7) is 1.71. The Bertz CT molecular complexity index is 283. The van der Waals surface area contributed by atoms with Crippen LogP contribution in [0.15, 0.2) is 0 Å². The minimum absolute atomic E-state index is 0.0219. The third-order valence-corrected chi connectivity index (χ3v) is 3.08. The summed E-state index contributed by atoms with van der Waals surface area (Å²) in [5.74, 6) is -1.02. The second-order valence-electron chi connectivity index (χ2n) is 4.23. The maximum Gasteiger partial charge on any atom is 0.326 e. The van der Waals surface area contributed by atoms with E-state index in [0.29, 0.717) is 6.42 Å². The molecule has 6 heteroatoms. The van der Waals surface area contributed by atoms with Crippen LogP contribution in [0.4, 0.5) is 4.79 Å². The molecule has 0 aromatic carbocycles. The molecule has 0 bridgehead atoms. The maximum absolute atomic E-state index is 11.6. The molecule has 2 amide bonds. The topological polar surface area (TPSA) is 87.7 Å². The van der Waals surface area contributed by atoms with Gasteiger partial charge in [-0.15, -0.1) is 0 Å². The Labute approximate surface area is 101 Å². The van der Waals surface area contributed by atoms with Gasteiger partial charge >= 0.3 is 12.0 Å². The highest BCUT2D eigenvalue weighted by atomic mass is 16.5. The molecule has 17 heavy (non-hydrogen) atoms. The predicted molar refractivity (Wildman–Crippen MR) is 61.8 cm³/mol. The zero-order valence-electron chi connectivity index (χ0n) is 10.2. The molecular weight excluding hydrogens is 224 g/mol. The average molecular weight is 244 g/mol. The summed E-state index contributed by atoms with van der Waals surface area (Å²) < 4.78 is 5.24. The van der Waals surface area contributed by atoms with E-state index in [1.165, 1.54) is 0 Å². The zero-order chi connectivity index (χ0) is 12.8. The number of carboxylic acids is 1. The standard InChI is InChI=1S/C11H20N2O4/c1-3-7(10(14)15)12-11(16)13-8-5-4-6-9(8)17-2/h7-9H,3-6H2,1-2H3,(H,14,15)(H2,12,13,16). The lowest BCUT2D eigenvalue weighted by molar-refractivity contribution is -0.139. The number of carbonyl (C=O) groups is 2. The SMILES string of the molecule is CCC(NC(=O)NC1CCCC1OC)C(=O)O. The summed E-state index contributed by atoms with van der Waals surface area (Å²) in [4.78, 5) is 22.3. The fraction of sp³-hybridized carbons (Fsp3) is 0.818. The molecule has 0 radical (unpaired) electrons. The summed E-state index contributed by atoms with van der Waals surface area (Å²) in [5.41, 5.74) is 0. The number of rotatable bonds is 5. The molecule has 0 aromatic rings. The van der Waals surface area contributed by atoms with Crippen LogP contribution in [0.5, 0.6) is 0 Å². The average Bonchev–Trinajstić information content (AvgIpc) is 2.72. The number of carbonyl (C=O) groups excluding carboxylic acids is 1. The maximum atomic E-state index is 11.6. The predicted octanol–water partition coefficient (Wildman–Crippen LogP) is 0.716. The Morgan fingerprint density at radius 2 is 2.18 bits per heavy atom. The number of urea groups is 1. The summed E-state index contributed by atoms with van der Waals surface area (Å²) in [7, 11) is 1.62. The zero-order valence-corrected chi connectivity index (χ0v) is 10.2. The van der Waals surface area contributed by atoms with Crippen LogP contribution in [-0.2, 0) is 9.53 Å². The summed E-state index contributed by atoms with van der Waals surface area (Å²) >= 11 is 0. The molecule has 0 aliphatic heterocycles. The molecular formula is C11H20N2O4. The lowest BCUT2D eigenvalue weighted by Gasteiger charge is -2.21. The van der Waals surface area contributed by atoms with E-state index in [1.807, 2.05) is 0 Å². The van der Waals surface area contributed by atoms with Crippen molar-refractivity contribution in [2.45, 2.75) is 50.8 Å². The number of ether oxygens (including phenoxy) is 1. The van der Waals surface area contributed by atoms with Crippen LogP contribution in [-0.4, -0.2) is 42.4 Å². The third-order valence-electron chi connectivity index (χ3n) is 3.08. The summed E-state index contributed by atoms with van der Waals surface area (Å²) in [5, 5.41) is 14.0. The first-order valence-electron chi connectivity index (χ1n) is 5.91. The highest BCUT2D eigenvalue weighted by molar-refractivity contribution is 5.82. The minimum atomic E-state index is -1.02. The molecule has 1 rings (SSSR count). The molecule has 0 aromatic heterocycles. The van der Waals surface area contributed by atoms with Crippen molar-refractivity contribution in [1.29, 1.82) is 0 Å². The fourth-order valence-corrected chi connectivity index (χ4v) is 2.08. The van der Waals surface area contributed by atoms with Gasteiger partial charge in [0.15, 0.2) is 0 Å². The first-order chi connectivity index (χ1) is 8.08. The molecule has 6 nitrogen and oxygen atoms in total. The van der Waals surface area contributed by atoms with Crippen LogP contribution in [0.25, 0.3) is 0 Å². The second-order valence-corrected chi connectivity index (χ2v) is 4.23. The van der Waals surface area contributed by atoms with E-state index in [-0.39, 0.29) is 12.1 Å². The highest BCUT2D eigenvalue weighted by Gasteiger charge is 2.29. The van der Waals surface area contributed by atoms with Gasteiger partial charge in [0, 0.05) is 7.11 Å². The molecule has 3 N–H and O–H groups in total. The Kier molecular flexibility index (Phi) is 5.21. The molecule has 0 saturated heterocycles. The van der Waals surface area contributed by atoms with Gasteiger partial charge in [-0.3, -0.25) is 0 Å². The van der Waals surface area contributed by atoms with Crippen molar-refractivity contribution in [2.75, 3.05) is 7.11 Å². The van der Waals surface area contributed by atoms with E-state index >= 15 is 0 Å². The number of hydrogen-bond acceptors (Lipinski definition) is 3. The number of carboxylic acid groups (broad SMARTS) is 1. The van der Waals surface area contributed by atoms with Crippen molar-refractivity contribution in [1.82, 2.24) is 10.6 Å². The second kappa shape index (κ2) is 6.44. The van der Waals surface area contributed by atoms with Crippen LogP contribution in [0.3, 0.4) is 0 Å². The first kappa shape index (κ1) is 13.8. The van der Waals surface area contributed by atoms with Crippen molar-refractivity contribution < 1.29 is 19.4 Å². The summed E-state index contributed by atoms with van der Waals surface area (Å²) in [6, 6.07) is -1.29. The lowest BCUT2D eigenvalue weighted by atomic mass is 10.2. The van der Waals surface area contributed by atoms with Gasteiger partial charge in [0.1, 0.15) is 6.04 Å². The Morgan fingerprint density at radius 3 is 2.71 bits per heavy atom. The Morgan fingerprint density at radius 1 is 1.47 bits per heavy atom. The Hall–Kier alpha value is -1.30. The molecule has 0 heterocycles. The van der Waals surface area contributed by atoms with Gasteiger partial charge in [-0.25, -0.2) is 9.59 Å². The van der Waals surface area contributed by atoms with Gasteiger partial charge in [0.25, 0.3) is 0 Å². The van der Waals surface area contributed by atoms with Gasteiger partial charge in [-0.2, -0.15) is 0 Å². The van der Waals surface area contributed by atoms with E-state index in [9.17, 15) is 9.59 Å². The van der Waals surface area contributed by atoms with Crippen molar-refractivity contribution in [3.05, 3.63) is 0 Å². The van der Waals surface area contributed by atoms with Crippen LogP contribution >= 0.6 is 0 Å². The Balaban J connectivity index is 2.41. The van der Waals surface area contributed by atoms with Crippen LogP contribution in [0.1, 0.15) is 32.6 Å². The third kappa shape index (κ3) is 3.89. The van der Waals surface area contributed by atoms with E-state index in [4.69, 9.17) is 9.84 Å². The van der Waals surface area contributed by atoms with Crippen molar-refractivity contribution >= 4 is 12.0 Å². The van der Waals surface area contributed by atoms with Gasteiger partial charge in [-0.1, -0.05) is 6.92 Å². The van der Waals surface area contributed by atoms with E-state index in [2.05, 4.69) is 10.6 Å². The van der Waals surface area contributed by atoms with Crippen molar-refractivity contribution in [2.24, 2.45) is 0 Å². The van der Waals surface area contributed by atoms with Gasteiger partial charge in [0.2, 0.25) is 0 Å². The molecule has 1 aliphatic carbocycles. The summed E-state index contributed by atoms with van der Waals surface area (Å²) in [6.07, 6.45) is 3.21. The van der Waals surface area contributed by atoms with E-state index < -0.39 is 18.0 Å². The largest absolute Gasteiger partial charge is 0.480 e. The highest BCUT2D eigenvalue weighted by Crippen LogP contribution is 2.21. The smallest absolute Gasteiger partial charge is 0.326 e. The van der Waals surface area contributed by atoms with Gasteiger partial charge in [0.05, 0.1) is 12.1 Å². The fourth-order valence-electron chi connectivity index (χ4n) is 2.08. The van der Waals surface area contributed by atoms with Crippen LogP contribution < -0.4 is 10.6 Å². The van der Waals surface area contributed by atoms with Crippen molar-refractivity contribution in [3.63, 3.8) is 0 Å². The monoisotopic (exact) mass is 244 g/mol. The van der Waals surface area contributed by atoms with Crippen molar-refractivity contribution in [3.8, 4) is 0 Å². The van der Waals surface area contributed by atoms with Gasteiger partial charge < -0.3 is 20.5 Å². The number of methoxy groups -OCH3 is 1. The number of aliphatic carboxylic acids is 1. The van der Waals surface area contributed by atoms with Crippen LogP contribution in [0, 0.1) is 0 Å². The van der Waals surface area contributed by atoms with E-state index in [0.717, 1.165) is 19.3 Å². The molecule has 1 fully saturated rings. The first-order valence-corrected chi connectivity index (χ1v) is 5.91. The molecule has 3 unspecified atom stereocenters. The number of nitrogens with one attached hydrogen (secondary N) is 2. The lowest BCUT2D eigenvalue weighted by Crippen LogP contribution is -2.50. The van der Waals surface area contributed by atoms with E-state index in [1.54, 1.807) is 14.0 Å². The molecule has 1 aliphatic rings.